The maximum absolute atomic E-state index is 13.8. The molecule has 0 radical (unpaired) electrons. The Labute approximate surface area is 126 Å². The molecule has 0 atom stereocenters. The average Bonchev–Trinajstić information content (AvgIpc) is 2.50. The summed E-state index contributed by atoms with van der Waals surface area (Å²) >= 11 is 5.69. The molecule has 0 aliphatic heterocycles. The van der Waals surface area contributed by atoms with Crippen LogP contribution in [0.2, 0.25) is 5.28 Å². The van der Waals surface area contributed by atoms with E-state index in [1.807, 2.05) is 0 Å². The molecule has 0 aliphatic carbocycles. The highest BCUT2D eigenvalue weighted by molar-refractivity contribution is 6.28. The van der Waals surface area contributed by atoms with E-state index in [1.165, 1.54) is 11.1 Å². The number of carbonyl (C=O) groups is 1. The molecule has 0 spiro atoms. The van der Waals surface area contributed by atoms with Gasteiger partial charge in [-0.25, -0.2) is 14.4 Å². The topological polar surface area (TPSA) is 46.1 Å². The molecule has 106 valence electrons. The van der Waals surface area contributed by atoms with E-state index in [4.69, 9.17) is 11.6 Å². The Morgan fingerprint density at radius 3 is 2.81 bits per heavy atom. The summed E-state index contributed by atoms with van der Waals surface area (Å²) in [7, 11) is 0. The number of hydrogen-bond acceptors (Lipinski definition) is 3. The number of anilines is 1. The van der Waals surface area contributed by atoms with Crippen molar-refractivity contribution in [1.29, 1.82) is 0 Å². The number of amides is 1. The van der Waals surface area contributed by atoms with E-state index in [0.717, 1.165) is 12.3 Å². The fraction of sp³-hybridized carbons (Fsp3) is 0. The molecule has 6 heteroatoms. The third-order valence-corrected chi connectivity index (χ3v) is 2.89. The van der Waals surface area contributed by atoms with Crippen LogP contribution >= 0.6 is 11.6 Å². The maximum Gasteiger partial charge on any atom is 0.254 e. The molecule has 1 heterocycles. The lowest BCUT2D eigenvalue weighted by molar-refractivity contribution is -0.113. The van der Waals surface area contributed by atoms with Gasteiger partial charge in [0.25, 0.3) is 5.91 Å². The third-order valence-electron chi connectivity index (χ3n) is 2.71. The number of halogens is 2. The average molecular weight is 304 g/mol. The lowest BCUT2D eigenvalue weighted by Crippen LogP contribution is -2.22. The summed E-state index contributed by atoms with van der Waals surface area (Å²) in [4.78, 5) is 20.4. The first-order valence-electron chi connectivity index (χ1n) is 5.93. The van der Waals surface area contributed by atoms with Crippen LogP contribution in [0.3, 0.4) is 0 Å². The van der Waals surface area contributed by atoms with Crippen LogP contribution in [0.1, 0.15) is 0 Å². The van der Waals surface area contributed by atoms with E-state index in [-0.39, 0.29) is 16.9 Å². The highest BCUT2D eigenvalue weighted by Gasteiger charge is 2.13. The van der Waals surface area contributed by atoms with Crippen LogP contribution in [0.4, 0.5) is 10.1 Å². The molecule has 1 aromatic carbocycles. The molecule has 0 aliphatic rings. The largest absolute Gasteiger partial charge is 0.285 e. The molecule has 0 unspecified atom stereocenters. The van der Waals surface area contributed by atoms with E-state index in [9.17, 15) is 9.18 Å². The molecule has 0 saturated carbocycles. The summed E-state index contributed by atoms with van der Waals surface area (Å²) in [5, 5.41) is -0.0560. The smallest absolute Gasteiger partial charge is 0.254 e. The molecular weight excluding hydrogens is 293 g/mol. The van der Waals surface area contributed by atoms with Gasteiger partial charge in [-0.1, -0.05) is 25.3 Å². The molecule has 0 N–H and O–H groups in total. The highest BCUT2D eigenvalue weighted by atomic mass is 35.5. The molecule has 21 heavy (non-hydrogen) atoms. The van der Waals surface area contributed by atoms with E-state index in [2.05, 4.69) is 23.1 Å². The monoisotopic (exact) mass is 303 g/mol. The molecule has 2 aromatic rings. The second-order valence-electron chi connectivity index (χ2n) is 3.98. The van der Waals surface area contributed by atoms with E-state index < -0.39 is 5.82 Å². The van der Waals surface area contributed by atoms with Crippen molar-refractivity contribution in [2.24, 2.45) is 0 Å². The summed E-state index contributed by atoms with van der Waals surface area (Å²) in [6, 6.07) is 6.62. The van der Waals surface area contributed by atoms with Gasteiger partial charge in [-0.15, -0.1) is 0 Å². The zero-order chi connectivity index (χ0) is 15.4. The van der Waals surface area contributed by atoms with Gasteiger partial charge in [0.15, 0.2) is 5.82 Å². The summed E-state index contributed by atoms with van der Waals surface area (Å²) in [6.45, 7) is 7.00. The number of rotatable bonds is 4. The summed E-state index contributed by atoms with van der Waals surface area (Å²) < 4.78 is 13.8. The van der Waals surface area contributed by atoms with Gasteiger partial charge in [0.1, 0.15) is 5.69 Å². The Morgan fingerprint density at radius 1 is 1.38 bits per heavy atom. The van der Waals surface area contributed by atoms with Crippen molar-refractivity contribution in [3.63, 3.8) is 0 Å². The van der Waals surface area contributed by atoms with Crippen molar-refractivity contribution in [2.75, 3.05) is 4.90 Å². The highest BCUT2D eigenvalue weighted by Crippen LogP contribution is 2.26. The number of benzene rings is 1. The summed E-state index contributed by atoms with van der Waals surface area (Å²) in [5.41, 5.74) is 1.05. The van der Waals surface area contributed by atoms with Crippen LogP contribution < -0.4 is 4.90 Å². The van der Waals surface area contributed by atoms with Crippen molar-refractivity contribution in [2.45, 2.75) is 0 Å². The van der Waals surface area contributed by atoms with Crippen molar-refractivity contribution in [3.05, 3.63) is 67.0 Å². The van der Waals surface area contributed by atoms with Gasteiger partial charge >= 0.3 is 0 Å². The minimum atomic E-state index is -0.600. The fourth-order valence-electron chi connectivity index (χ4n) is 1.77. The quantitative estimate of drug-likeness (QED) is 0.640. The van der Waals surface area contributed by atoms with Crippen LogP contribution in [-0.2, 0) is 4.79 Å². The molecule has 1 amide bonds. The molecule has 0 fully saturated rings. The van der Waals surface area contributed by atoms with Crippen LogP contribution in [0.5, 0.6) is 0 Å². The van der Waals surface area contributed by atoms with Crippen molar-refractivity contribution < 1.29 is 9.18 Å². The van der Waals surface area contributed by atoms with Gasteiger partial charge in [0, 0.05) is 17.5 Å². The normalized spacial score (nSPS) is 10.0. The van der Waals surface area contributed by atoms with Crippen LogP contribution in [0.15, 0.2) is 55.9 Å². The zero-order valence-corrected chi connectivity index (χ0v) is 11.7. The molecule has 4 nitrogen and oxygen atoms in total. The molecule has 0 bridgehead atoms. The minimum Gasteiger partial charge on any atom is -0.285 e. The van der Waals surface area contributed by atoms with Crippen molar-refractivity contribution in [3.8, 4) is 11.3 Å². The maximum atomic E-state index is 13.8. The van der Waals surface area contributed by atoms with E-state index in [0.29, 0.717) is 11.3 Å². The number of aromatic nitrogens is 2. The van der Waals surface area contributed by atoms with E-state index >= 15 is 0 Å². The summed E-state index contributed by atoms with van der Waals surface area (Å²) in [6.07, 6.45) is 3.51. The third kappa shape index (κ3) is 3.14. The molecule has 1 aromatic heterocycles. The Bertz CT molecular complexity index is 718. The Morgan fingerprint density at radius 2 is 2.14 bits per heavy atom. The molecule has 2 rings (SSSR count). The number of hydrogen-bond donors (Lipinski definition) is 0. The van der Waals surface area contributed by atoms with E-state index in [1.54, 1.807) is 24.3 Å². The SMILES string of the molecule is C=CC(=O)N(C=C)c1cccc(-c2nc(Cl)ncc2F)c1. The standard InChI is InChI=1S/C15H11ClFN3O/c1-3-13(21)20(4-2)11-7-5-6-10(8-11)14-12(17)9-18-15(16)19-14/h3-9H,1-2H2. The molecular formula is C15H11ClFN3O. The van der Waals surface area contributed by atoms with Crippen LogP contribution in [0.25, 0.3) is 11.3 Å². The number of nitrogens with zero attached hydrogens (tertiary/aromatic N) is 3. The predicted molar refractivity (Wildman–Crippen MR) is 80.3 cm³/mol. The van der Waals surface area contributed by atoms with Gasteiger partial charge in [-0.05, 0) is 29.8 Å². The zero-order valence-electron chi connectivity index (χ0n) is 11.0. The second kappa shape index (κ2) is 6.28. The van der Waals surface area contributed by atoms with Gasteiger partial charge in [-0.2, -0.15) is 0 Å². The molecule has 0 saturated heterocycles. The lowest BCUT2D eigenvalue weighted by atomic mass is 10.1. The van der Waals surface area contributed by atoms with Gasteiger partial charge in [0.2, 0.25) is 5.28 Å². The lowest BCUT2D eigenvalue weighted by Gasteiger charge is -2.17. The Balaban J connectivity index is 2.51. The minimum absolute atomic E-state index is 0.0560. The number of carbonyl (C=O) groups excluding carboxylic acids is 1. The van der Waals surface area contributed by atoms with Crippen molar-refractivity contribution in [1.82, 2.24) is 9.97 Å². The van der Waals surface area contributed by atoms with Gasteiger partial charge in [-0.3, -0.25) is 9.69 Å². The second-order valence-corrected chi connectivity index (χ2v) is 4.32. The Kier molecular flexibility index (Phi) is 4.45. The first-order valence-corrected chi connectivity index (χ1v) is 6.31. The predicted octanol–water partition coefficient (Wildman–Crippen LogP) is 3.60. The Hall–Kier alpha value is -2.53. The van der Waals surface area contributed by atoms with Gasteiger partial charge < -0.3 is 0 Å². The fourth-order valence-corrected chi connectivity index (χ4v) is 1.91. The first-order chi connectivity index (χ1) is 10.1. The first kappa shape index (κ1) is 14.9. The van der Waals surface area contributed by atoms with Crippen molar-refractivity contribution >= 4 is 23.2 Å². The van der Waals surface area contributed by atoms with Gasteiger partial charge in [0.05, 0.1) is 6.20 Å². The van der Waals surface area contributed by atoms with Crippen LogP contribution in [0, 0.1) is 5.82 Å². The van der Waals surface area contributed by atoms with Crippen LogP contribution in [-0.4, -0.2) is 15.9 Å². The summed E-state index contributed by atoms with van der Waals surface area (Å²) in [5.74, 6) is -0.944.